The molecule has 3 aromatic heterocycles. The maximum Gasteiger partial charge on any atom is 0.346 e. The number of carboxylic acid groups (broad SMARTS) is 1. The molecule has 0 bridgehead atoms. The Labute approximate surface area is 232 Å². The average molecular weight is 543 g/mol. The normalized spacial score (nSPS) is 20.5. The van der Waals surface area contributed by atoms with Gasteiger partial charge in [-0.15, -0.1) is 11.3 Å². The van der Waals surface area contributed by atoms with Gasteiger partial charge in [-0.2, -0.15) is 10.1 Å². The largest absolute Gasteiger partial charge is 0.481 e. The fourth-order valence-electron chi connectivity index (χ4n) is 6.06. The zero-order valence-electron chi connectivity index (χ0n) is 22.7. The van der Waals surface area contributed by atoms with E-state index in [9.17, 15) is 9.90 Å². The van der Waals surface area contributed by atoms with E-state index in [4.69, 9.17) is 4.74 Å². The monoisotopic (exact) mass is 542 g/mol. The van der Waals surface area contributed by atoms with Gasteiger partial charge in [0.05, 0.1) is 12.8 Å². The van der Waals surface area contributed by atoms with E-state index in [1.165, 1.54) is 48.2 Å². The zero-order valence-corrected chi connectivity index (χ0v) is 23.5. The maximum atomic E-state index is 12.4. The number of methoxy groups -OCH3 is 1. The van der Waals surface area contributed by atoms with Crippen LogP contribution in [0.25, 0.3) is 32.9 Å². The highest BCUT2D eigenvalue weighted by molar-refractivity contribution is 7.17. The van der Waals surface area contributed by atoms with Crippen LogP contribution in [0.2, 0.25) is 0 Å². The lowest BCUT2D eigenvalue weighted by Gasteiger charge is -2.35. The molecule has 8 heteroatoms. The van der Waals surface area contributed by atoms with E-state index >= 15 is 0 Å². The van der Waals surface area contributed by atoms with Crippen LogP contribution in [0, 0.1) is 11.8 Å². The smallest absolute Gasteiger partial charge is 0.346 e. The molecule has 0 saturated heterocycles. The van der Waals surface area contributed by atoms with Gasteiger partial charge in [0.15, 0.2) is 5.65 Å². The molecule has 1 aromatic carbocycles. The van der Waals surface area contributed by atoms with Crippen molar-refractivity contribution in [3.8, 4) is 27.6 Å². The number of benzene rings is 1. The van der Waals surface area contributed by atoms with Crippen LogP contribution >= 0.6 is 11.3 Å². The van der Waals surface area contributed by atoms with E-state index in [1.807, 2.05) is 24.4 Å². The molecule has 0 unspecified atom stereocenters. The highest BCUT2D eigenvalue weighted by Crippen LogP contribution is 2.43. The summed E-state index contributed by atoms with van der Waals surface area (Å²) in [5.74, 6) is 1.06. The minimum absolute atomic E-state index is 0.454. The molecule has 6 rings (SSSR count). The molecule has 7 nitrogen and oxygen atoms in total. The summed E-state index contributed by atoms with van der Waals surface area (Å²) < 4.78 is 6.96. The van der Waals surface area contributed by atoms with Crippen molar-refractivity contribution in [2.24, 2.45) is 11.8 Å². The second kappa shape index (κ2) is 10.6. The lowest BCUT2D eigenvalue weighted by atomic mass is 9.75. The van der Waals surface area contributed by atoms with Crippen LogP contribution < -0.4 is 4.74 Å². The number of carbonyl (C=O) groups is 1. The third kappa shape index (κ3) is 5.11. The molecule has 0 radical (unpaired) electrons. The van der Waals surface area contributed by atoms with Crippen LogP contribution in [0.15, 0.2) is 54.2 Å². The topological polar surface area (TPSA) is 80.0 Å². The van der Waals surface area contributed by atoms with Gasteiger partial charge >= 0.3 is 5.97 Å². The molecule has 1 N–H and O–H groups in total. The first kappa shape index (κ1) is 25.8. The Morgan fingerprint density at radius 2 is 1.82 bits per heavy atom. The number of thiophene rings is 1. The lowest BCUT2D eigenvalue weighted by Crippen LogP contribution is -2.31. The minimum Gasteiger partial charge on any atom is -0.481 e. The number of hydrogen-bond acceptors (Lipinski definition) is 6. The summed E-state index contributed by atoms with van der Waals surface area (Å²) in [7, 11) is 3.78. The van der Waals surface area contributed by atoms with Crippen LogP contribution in [0.1, 0.15) is 54.3 Å². The van der Waals surface area contributed by atoms with Crippen LogP contribution in [0.3, 0.4) is 0 Å². The maximum absolute atomic E-state index is 12.4. The van der Waals surface area contributed by atoms with E-state index in [-0.39, 0.29) is 0 Å². The number of carboxylic acids is 1. The van der Waals surface area contributed by atoms with Crippen LogP contribution in [0.4, 0.5) is 0 Å². The number of nitrogens with zero attached hydrogens (tertiary/aromatic N) is 4. The molecule has 1 saturated carbocycles. The first-order valence-corrected chi connectivity index (χ1v) is 14.5. The molecular formula is C31H34N4O3S. The Balaban J connectivity index is 1.34. The summed E-state index contributed by atoms with van der Waals surface area (Å²) in [5, 5.41) is 14.8. The fourth-order valence-corrected chi connectivity index (χ4v) is 7.09. The highest BCUT2D eigenvalue weighted by atomic mass is 32.1. The summed E-state index contributed by atoms with van der Waals surface area (Å²) in [6.45, 7) is 4.24. The van der Waals surface area contributed by atoms with Gasteiger partial charge in [0.25, 0.3) is 0 Å². The Morgan fingerprint density at radius 1 is 1.08 bits per heavy atom. The van der Waals surface area contributed by atoms with Crippen molar-refractivity contribution in [2.45, 2.75) is 39.0 Å². The first-order valence-electron chi connectivity index (χ1n) is 13.7. The molecule has 1 aliphatic heterocycles. The third-order valence-electron chi connectivity index (χ3n) is 8.30. The summed E-state index contributed by atoms with van der Waals surface area (Å²) in [4.78, 5) is 20.7. The van der Waals surface area contributed by atoms with Gasteiger partial charge < -0.3 is 14.7 Å². The van der Waals surface area contributed by atoms with Gasteiger partial charge in [-0.1, -0.05) is 44.0 Å². The fraction of sp³-hybridized carbons (Fsp3) is 0.387. The number of aromatic carboxylic acids is 1. The van der Waals surface area contributed by atoms with Crippen LogP contribution in [-0.2, 0) is 0 Å². The van der Waals surface area contributed by atoms with Crippen molar-refractivity contribution in [3.05, 3.63) is 64.7 Å². The molecule has 4 aromatic rings. The average Bonchev–Trinajstić information content (AvgIpc) is 3.58. The van der Waals surface area contributed by atoms with Gasteiger partial charge in [0.2, 0.25) is 5.88 Å². The van der Waals surface area contributed by atoms with Crippen molar-refractivity contribution in [3.63, 3.8) is 0 Å². The number of ether oxygens (including phenoxy) is 1. The molecule has 0 atom stereocenters. The van der Waals surface area contributed by atoms with Gasteiger partial charge in [-0.3, -0.25) is 0 Å². The Bertz CT molecular complexity index is 1540. The minimum atomic E-state index is -0.839. The lowest BCUT2D eigenvalue weighted by molar-refractivity contribution is 0.0702. The predicted molar refractivity (Wildman–Crippen MR) is 155 cm³/mol. The summed E-state index contributed by atoms with van der Waals surface area (Å²) in [6, 6.07) is 14.0. The van der Waals surface area contributed by atoms with Crippen LogP contribution in [-0.4, -0.2) is 57.8 Å². The van der Waals surface area contributed by atoms with E-state index < -0.39 is 5.97 Å². The molecule has 0 spiro atoms. The van der Waals surface area contributed by atoms with Crippen molar-refractivity contribution in [1.29, 1.82) is 0 Å². The highest BCUT2D eigenvalue weighted by Gasteiger charge is 2.30. The second-order valence-electron chi connectivity index (χ2n) is 11.0. The van der Waals surface area contributed by atoms with Gasteiger partial charge in [-0.05, 0) is 60.9 Å². The standard InChI is InChI=1S/C31H34N4O3S/c1-19-4-6-20(7-5-19)25-18-34(2)14-12-23(25)24-16-27(39-30(24)31(36)37)22-10-8-21(9-11-22)26-17-28-32-29(38-3)13-15-35(28)33-26/h8-11,13,15-17,19-20H,4-7,12,14,18H2,1-3H3,(H,36,37). The second-order valence-corrected chi connectivity index (χ2v) is 12.0. The van der Waals surface area contributed by atoms with Gasteiger partial charge in [0, 0.05) is 47.4 Å². The van der Waals surface area contributed by atoms with Gasteiger partial charge in [-0.25, -0.2) is 9.31 Å². The Morgan fingerprint density at radius 3 is 2.54 bits per heavy atom. The Hall–Kier alpha value is -3.49. The van der Waals surface area contributed by atoms with E-state index in [2.05, 4.69) is 47.2 Å². The van der Waals surface area contributed by atoms with E-state index in [1.54, 1.807) is 17.7 Å². The third-order valence-corrected chi connectivity index (χ3v) is 9.48. The number of hydrogen-bond donors (Lipinski definition) is 1. The molecule has 2 aliphatic rings. The van der Waals surface area contributed by atoms with Gasteiger partial charge in [0.1, 0.15) is 4.88 Å². The predicted octanol–water partition coefficient (Wildman–Crippen LogP) is 6.75. The summed E-state index contributed by atoms with van der Waals surface area (Å²) >= 11 is 1.38. The SMILES string of the molecule is COc1ccn2nc(-c3ccc(-c4cc(C5=C(C6CCC(C)CC6)CN(C)CC5)c(C(=O)O)s4)cc3)cc2n1. The molecule has 1 aliphatic carbocycles. The number of rotatable bonds is 6. The molecular weight excluding hydrogens is 508 g/mol. The first-order chi connectivity index (χ1) is 18.9. The molecule has 1 fully saturated rings. The quantitative estimate of drug-likeness (QED) is 0.290. The molecule has 39 heavy (non-hydrogen) atoms. The van der Waals surface area contributed by atoms with Crippen LogP contribution in [0.5, 0.6) is 5.88 Å². The van der Waals surface area contributed by atoms with Crippen molar-refractivity contribution in [2.75, 3.05) is 27.2 Å². The van der Waals surface area contributed by atoms with Crippen molar-refractivity contribution < 1.29 is 14.6 Å². The van der Waals surface area contributed by atoms with E-state index in [0.717, 1.165) is 58.3 Å². The zero-order chi connectivity index (χ0) is 27.1. The number of fused-ring (bicyclic) bond motifs is 1. The van der Waals surface area contributed by atoms with E-state index in [0.29, 0.717) is 16.7 Å². The van der Waals surface area contributed by atoms with Crippen molar-refractivity contribution >= 4 is 28.5 Å². The number of aromatic nitrogens is 3. The molecule has 202 valence electrons. The summed E-state index contributed by atoms with van der Waals surface area (Å²) in [5.41, 5.74) is 7.20. The summed E-state index contributed by atoms with van der Waals surface area (Å²) in [6.07, 6.45) is 7.67. The molecule has 0 amide bonds. The van der Waals surface area contributed by atoms with Crippen molar-refractivity contribution in [1.82, 2.24) is 19.5 Å². The Kier molecular flexibility index (Phi) is 6.99. The molecule has 4 heterocycles. The number of likely N-dealkylation sites (N-methyl/N-ethyl adjacent to an activating group) is 1.